The molecule has 0 saturated carbocycles. The monoisotopic (exact) mass is 373 g/mol. The van der Waals surface area contributed by atoms with Gasteiger partial charge < -0.3 is 4.74 Å². The number of benzene rings is 3. The van der Waals surface area contributed by atoms with Gasteiger partial charge in [-0.15, -0.1) is 0 Å². The lowest BCUT2D eigenvalue weighted by Crippen LogP contribution is -2.34. The summed E-state index contributed by atoms with van der Waals surface area (Å²) < 4.78 is 5.12. The standard InChI is InChI=1S/C25H27NO2/c1-28-25(27)24(17-21-11-5-2-6-12-21)20-26(18-22-13-7-3-8-14-22)19-23-15-9-4-10-16-23/h2-16,24H,17-20H2,1H3/t24-/m1/s1. The van der Waals surface area contributed by atoms with Gasteiger partial charge in [-0.3, -0.25) is 9.69 Å². The van der Waals surface area contributed by atoms with Crippen LogP contribution in [-0.4, -0.2) is 24.5 Å². The quantitative estimate of drug-likeness (QED) is 0.508. The Morgan fingerprint density at radius 2 is 1.18 bits per heavy atom. The second-order valence-electron chi connectivity index (χ2n) is 7.05. The number of methoxy groups -OCH3 is 1. The van der Waals surface area contributed by atoms with Crippen LogP contribution in [0.2, 0.25) is 0 Å². The number of esters is 1. The fourth-order valence-corrected chi connectivity index (χ4v) is 3.47. The molecule has 144 valence electrons. The number of ether oxygens (including phenoxy) is 1. The summed E-state index contributed by atoms with van der Waals surface area (Å²) in [4.78, 5) is 14.8. The highest BCUT2D eigenvalue weighted by atomic mass is 16.5. The number of rotatable bonds is 9. The van der Waals surface area contributed by atoms with E-state index in [0.29, 0.717) is 13.0 Å². The molecule has 0 aliphatic rings. The Morgan fingerprint density at radius 1 is 0.750 bits per heavy atom. The van der Waals surface area contributed by atoms with Gasteiger partial charge in [-0.25, -0.2) is 0 Å². The van der Waals surface area contributed by atoms with Crippen LogP contribution in [0.4, 0.5) is 0 Å². The lowest BCUT2D eigenvalue weighted by molar-refractivity contribution is -0.146. The van der Waals surface area contributed by atoms with Gasteiger partial charge in [-0.05, 0) is 23.1 Å². The van der Waals surface area contributed by atoms with Crippen LogP contribution in [0.3, 0.4) is 0 Å². The van der Waals surface area contributed by atoms with Crippen molar-refractivity contribution in [2.75, 3.05) is 13.7 Å². The smallest absolute Gasteiger partial charge is 0.310 e. The predicted molar refractivity (Wildman–Crippen MR) is 113 cm³/mol. The van der Waals surface area contributed by atoms with Gasteiger partial charge in [0, 0.05) is 19.6 Å². The van der Waals surface area contributed by atoms with Gasteiger partial charge in [0.05, 0.1) is 13.0 Å². The summed E-state index contributed by atoms with van der Waals surface area (Å²) in [6.07, 6.45) is 0.674. The maximum atomic E-state index is 12.5. The van der Waals surface area contributed by atoms with Gasteiger partial charge in [-0.1, -0.05) is 91.0 Å². The molecule has 0 fully saturated rings. The minimum atomic E-state index is -0.208. The first-order valence-corrected chi connectivity index (χ1v) is 9.66. The SMILES string of the molecule is COC(=O)[C@H](Cc1ccccc1)CN(Cc1ccccc1)Cc1ccccc1. The molecule has 0 aromatic heterocycles. The maximum absolute atomic E-state index is 12.5. The topological polar surface area (TPSA) is 29.5 Å². The minimum absolute atomic E-state index is 0.157. The van der Waals surface area contributed by atoms with Gasteiger partial charge in [0.25, 0.3) is 0 Å². The third kappa shape index (κ3) is 6.07. The number of hydrogen-bond donors (Lipinski definition) is 0. The Hall–Kier alpha value is -2.91. The zero-order valence-electron chi connectivity index (χ0n) is 16.3. The summed E-state index contributed by atoms with van der Waals surface area (Å²) >= 11 is 0. The Kier molecular flexibility index (Phi) is 7.39. The van der Waals surface area contributed by atoms with Gasteiger partial charge in [-0.2, -0.15) is 0 Å². The van der Waals surface area contributed by atoms with E-state index in [1.54, 1.807) is 0 Å². The molecule has 3 rings (SSSR count). The maximum Gasteiger partial charge on any atom is 0.310 e. The van der Waals surface area contributed by atoms with Crippen molar-refractivity contribution in [1.29, 1.82) is 0 Å². The molecule has 0 N–H and O–H groups in total. The largest absolute Gasteiger partial charge is 0.469 e. The van der Waals surface area contributed by atoms with E-state index in [1.165, 1.54) is 18.2 Å². The van der Waals surface area contributed by atoms with Crippen molar-refractivity contribution in [3.63, 3.8) is 0 Å². The second kappa shape index (κ2) is 10.4. The molecule has 3 aromatic carbocycles. The molecule has 0 radical (unpaired) electrons. The number of hydrogen-bond acceptors (Lipinski definition) is 3. The van der Waals surface area contributed by atoms with Gasteiger partial charge in [0.15, 0.2) is 0 Å². The van der Waals surface area contributed by atoms with Crippen LogP contribution in [0, 0.1) is 5.92 Å². The van der Waals surface area contributed by atoms with Crippen molar-refractivity contribution in [3.05, 3.63) is 108 Å². The lowest BCUT2D eigenvalue weighted by Gasteiger charge is -2.27. The molecular formula is C25H27NO2. The van der Waals surface area contributed by atoms with E-state index in [-0.39, 0.29) is 11.9 Å². The Balaban J connectivity index is 1.78. The predicted octanol–water partition coefficient (Wildman–Crippen LogP) is 4.72. The third-order valence-electron chi connectivity index (χ3n) is 4.84. The Labute approximate surface area is 167 Å². The van der Waals surface area contributed by atoms with Crippen molar-refractivity contribution in [1.82, 2.24) is 4.90 Å². The van der Waals surface area contributed by atoms with E-state index in [0.717, 1.165) is 18.7 Å². The Morgan fingerprint density at radius 3 is 1.61 bits per heavy atom. The van der Waals surface area contributed by atoms with E-state index in [2.05, 4.69) is 65.6 Å². The highest BCUT2D eigenvalue weighted by Gasteiger charge is 2.23. The fraction of sp³-hybridized carbons (Fsp3) is 0.240. The highest BCUT2D eigenvalue weighted by Crippen LogP contribution is 2.17. The van der Waals surface area contributed by atoms with E-state index >= 15 is 0 Å². The Bertz CT molecular complexity index is 793. The van der Waals surface area contributed by atoms with E-state index in [4.69, 9.17) is 4.74 Å². The molecule has 28 heavy (non-hydrogen) atoms. The van der Waals surface area contributed by atoms with Crippen molar-refractivity contribution >= 4 is 5.97 Å². The van der Waals surface area contributed by atoms with E-state index in [9.17, 15) is 4.79 Å². The van der Waals surface area contributed by atoms with Gasteiger partial charge in [0.1, 0.15) is 0 Å². The molecule has 3 aromatic rings. The van der Waals surface area contributed by atoms with Gasteiger partial charge >= 0.3 is 5.97 Å². The summed E-state index contributed by atoms with van der Waals surface area (Å²) in [5.74, 6) is -0.366. The van der Waals surface area contributed by atoms with Crippen molar-refractivity contribution in [2.45, 2.75) is 19.5 Å². The lowest BCUT2D eigenvalue weighted by atomic mass is 9.98. The molecular weight excluding hydrogens is 346 g/mol. The molecule has 0 aliphatic heterocycles. The van der Waals surface area contributed by atoms with Crippen LogP contribution in [0.15, 0.2) is 91.0 Å². The highest BCUT2D eigenvalue weighted by molar-refractivity contribution is 5.73. The summed E-state index contributed by atoms with van der Waals surface area (Å²) in [7, 11) is 1.47. The third-order valence-corrected chi connectivity index (χ3v) is 4.84. The molecule has 1 atom stereocenters. The van der Waals surface area contributed by atoms with Crippen LogP contribution < -0.4 is 0 Å². The number of carbonyl (C=O) groups is 1. The first-order valence-electron chi connectivity index (χ1n) is 9.66. The van der Waals surface area contributed by atoms with Crippen LogP contribution in [-0.2, 0) is 29.0 Å². The van der Waals surface area contributed by atoms with Crippen LogP contribution in [0.1, 0.15) is 16.7 Å². The summed E-state index contributed by atoms with van der Waals surface area (Å²) in [6.45, 7) is 2.22. The second-order valence-corrected chi connectivity index (χ2v) is 7.05. The minimum Gasteiger partial charge on any atom is -0.469 e. The van der Waals surface area contributed by atoms with E-state index in [1.807, 2.05) is 30.3 Å². The van der Waals surface area contributed by atoms with Crippen LogP contribution >= 0.6 is 0 Å². The first kappa shape index (κ1) is 19.8. The average Bonchev–Trinajstić information content (AvgIpc) is 2.75. The van der Waals surface area contributed by atoms with E-state index < -0.39 is 0 Å². The summed E-state index contributed by atoms with van der Waals surface area (Å²) in [5, 5.41) is 0. The van der Waals surface area contributed by atoms with Crippen molar-refractivity contribution in [2.24, 2.45) is 5.92 Å². The van der Waals surface area contributed by atoms with Crippen molar-refractivity contribution < 1.29 is 9.53 Å². The first-order chi connectivity index (χ1) is 13.7. The molecule has 0 bridgehead atoms. The van der Waals surface area contributed by atoms with Crippen LogP contribution in [0.25, 0.3) is 0 Å². The summed E-state index contributed by atoms with van der Waals surface area (Å²) in [6, 6.07) is 30.9. The average molecular weight is 373 g/mol. The molecule has 0 amide bonds. The number of carbonyl (C=O) groups excluding carboxylic acids is 1. The molecule has 3 nitrogen and oxygen atoms in total. The molecule has 0 unspecified atom stereocenters. The van der Waals surface area contributed by atoms with Crippen molar-refractivity contribution in [3.8, 4) is 0 Å². The van der Waals surface area contributed by atoms with Gasteiger partial charge in [0.2, 0.25) is 0 Å². The van der Waals surface area contributed by atoms with Crippen LogP contribution in [0.5, 0.6) is 0 Å². The summed E-state index contributed by atoms with van der Waals surface area (Å²) in [5.41, 5.74) is 3.63. The zero-order valence-corrected chi connectivity index (χ0v) is 16.3. The molecule has 0 spiro atoms. The molecule has 0 aliphatic carbocycles. The zero-order chi connectivity index (χ0) is 19.6. The molecule has 0 heterocycles. The molecule has 0 saturated heterocycles. The fourth-order valence-electron chi connectivity index (χ4n) is 3.47. The molecule has 3 heteroatoms. The normalized spacial score (nSPS) is 11.9. The number of nitrogens with zero attached hydrogens (tertiary/aromatic N) is 1.